The number of rotatable bonds is 11. The summed E-state index contributed by atoms with van der Waals surface area (Å²) in [5, 5.41) is 17.6. The summed E-state index contributed by atoms with van der Waals surface area (Å²) in [5.41, 5.74) is 1.65. The number of urea groups is 1. The number of benzene rings is 1. The number of ether oxygens (including phenoxy) is 3. The molecule has 1 aromatic carbocycles. The molecular formula is C29H36N7O9P. The molecule has 3 saturated heterocycles. The summed E-state index contributed by atoms with van der Waals surface area (Å²) in [6.07, 6.45) is 3.33. The second-order valence-electron chi connectivity index (χ2n) is 11.3. The van der Waals surface area contributed by atoms with Gasteiger partial charge in [-0.1, -0.05) is 36.4 Å². The molecule has 0 bridgehead atoms. The van der Waals surface area contributed by atoms with Gasteiger partial charge in [-0.3, -0.25) is 19.2 Å². The molecule has 2 aromatic heterocycles. The molecule has 0 saturated carbocycles. The number of anilines is 1. The number of fused-ring (bicyclic) bond motifs is 2. The highest BCUT2D eigenvalue weighted by atomic mass is 31.2. The van der Waals surface area contributed by atoms with E-state index in [9.17, 15) is 24.2 Å². The van der Waals surface area contributed by atoms with Crippen LogP contribution in [0.5, 0.6) is 0 Å². The Morgan fingerprint density at radius 1 is 1.17 bits per heavy atom. The van der Waals surface area contributed by atoms with Gasteiger partial charge in [-0.15, -0.1) is 0 Å². The van der Waals surface area contributed by atoms with E-state index in [-0.39, 0.29) is 30.9 Å². The third-order valence-electron chi connectivity index (χ3n) is 8.06. The van der Waals surface area contributed by atoms with Gasteiger partial charge in [0.15, 0.2) is 29.5 Å². The number of amides is 2. The lowest BCUT2D eigenvalue weighted by molar-refractivity contribution is -0.140. The van der Waals surface area contributed by atoms with Crippen LogP contribution >= 0.6 is 7.60 Å². The number of piperidine rings is 1. The van der Waals surface area contributed by atoms with Crippen LogP contribution in [-0.4, -0.2) is 98.0 Å². The fourth-order valence-corrected chi connectivity index (χ4v) is 7.39. The molecule has 2 amide bonds. The van der Waals surface area contributed by atoms with Gasteiger partial charge in [0.05, 0.1) is 19.1 Å². The molecule has 246 valence electrons. The first-order valence-electron chi connectivity index (χ1n) is 15.1. The molecule has 46 heavy (non-hydrogen) atoms. The number of nitrogens with zero attached hydrogens (tertiary/aromatic N) is 4. The van der Waals surface area contributed by atoms with E-state index in [1.165, 1.54) is 12.7 Å². The largest absolute Gasteiger partial charge is 0.480 e. The van der Waals surface area contributed by atoms with Crippen LogP contribution < -0.4 is 16.0 Å². The minimum absolute atomic E-state index is 0.174. The molecule has 17 heteroatoms. The minimum atomic E-state index is -4.12. The molecule has 4 unspecified atom stereocenters. The molecule has 3 aliphatic rings. The van der Waals surface area contributed by atoms with Crippen molar-refractivity contribution in [2.75, 3.05) is 31.2 Å². The van der Waals surface area contributed by atoms with Gasteiger partial charge in [-0.25, -0.2) is 19.7 Å². The highest BCUT2D eigenvalue weighted by molar-refractivity contribution is 7.52. The smallest absolute Gasteiger partial charge is 0.328 e. The van der Waals surface area contributed by atoms with Crippen LogP contribution in [0.1, 0.15) is 31.6 Å². The number of hydrogen-bond acceptors (Lipinski definition) is 11. The molecule has 0 radical (unpaired) electrons. The molecule has 16 nitrogen and oxygen atoms in total. The highest BCUT2D eigenvalue weighted by Gasteiger charge is 2.54. The van der Waals surface area contributed by atoms with Gasteiger partial charge in [0.2, 0.25) is 0 Å². The first-order valence-corrected chi connectivity index (χ1v) is 16.8. The summed E-state index contributed by atoms with van der Waals surface area (Å²) in [5.74, 6) is -1.07. The van der Waals surface area contributed by atoms with E-state index in [1.807, 2.05) is 36.4 Å². The van der Waals surface area contributed by atoms with Crippen molar-refractivity contribution in [1.82, 2.24) is 30.2 Å². The zero-order valence-electron chi connectivity index (χ0n) is 25.0. The Balaban J connectivity index is 1.20. The Hall–Kier alpha value is -3.76. The predicted molar refractivity (Wildman–Crippen MR) is 164 cm³/mol. The van der Waals surface area contributed by atoms with E-state index >= 15 is 0 Å². The number of imidazole rings is 1. The zero-order valence-corrected chi connectivity index (χ0v) is 25.9. The quantitative estimate of drug-likeness (QED) is 0.188. The third kappa shape index (κ3) is 7.28. The lowest BCUT2D eigenvalue weighted by atomic mass is 9.94. The van der Waals surface area contributed by atoms with Gasteiger partial charge in [0.1, 0.15) is 30.7 Å². The van der Waals surface area contributed by atoms with Gasteiger partial charge < -0.3 is 39.4 Å². The number of carbonyl (C=O) groups is 2. The summed E-state index contributed by atoms with van der Waals surface area (Å²) >= 11 is 0. The van der Waals surface area contributed by atoms with Crippen molar-refractivity contribution in [3.8, 4) is 0 Å². The Morgan fingerprint density at radius 2 is 1.98 bits per heavy atom. The molecule has 6 rings (SSSR count). The Kier molecular flexibility index (Phi) is 9.75. The van der Waals surface area contributed by atoms with Gasteiger partial charge in [0, 0.05) is 6.54 Å². The number of hydrogen-bond donors (Lipinski definition) is 5. The molecule has 0 aliphatic carbocycles. The van der Waals surface area contributed by atoms with Crippen molar-refractivity contribution >= 4 is 42.7 Å². The fourth-order valence-electron chi connectivity index (χ4n) is 5.92. The molecular weight excluding hydrogens is 621 g/mol. The number of carbonyl (C=O) groups excluding carboxylic acids is 1. The first-order chi connectivity index (χ1) is 22.2. The second kappa shape index (κ2) is 13.9. The van der Waals surface area contributed by atoms with Gasteiger partial charge in [-0.2, -0.15) is 0 Å². The van der Waals surface area contributed by atoms with Crippen molar-refractivity contribution in [2.45, 2.75) is 56.6 Å². The van der Waals surface area contributed by atoms with Crippen LogP contribution in [0.25, 0.3) is 17.2 Å². The SMILES string of the molecule is CCNC(=O)Nc1ncnc2c1ncn2[C@@H]1O[C@H](COP(=O)(O)CC2CCNC(C(=O)O)C2)C2O[C@H](/C=C/c3ccccc3)O[C@@H]21. The zero-order chi connectivity index (χ0) is 32.3. The van der Waals surface area contributed by atoms with E-state index in [1.54, 1.807) is 17.6 Å². The first kappa shape index (κ1) is 32.2. The summed E-state index contributed by atoms with van der Waals surface area (Å²) in [6, 6.07) is 8.43. The molecule has 5 heterocycles. The normalized spacial score (nSPS) is 29.0. The van der Waals surface area contributed by atoms with E-state index in [4.69, 9.17) is 18.7 Å². The molecule has 3 aliphatic heterocycles. The summed E-state index contributed by atoms with van der Waals surface area (Å²) in [7, 11) is -4.12. The lowest BCUT2D eigenvalue weighted by Gasteiger charge is -2.29. The molecule has 3 fully saturated rings. The van der Waals surface area contributed by atoms with Crippen LogP contribution in [0.2, 0.25) is 0 Å². The topological polar surface area (TPSA) is 208 Å². The van der Waals surface area contributed by atoms with Crippen molar-refractivity contribution in [3.63, 3.8) is 0 Å². The van der Waals surface area contributed by atoms with E-state index in [2.05, 4.69) is 30.9 Å². The Labute approximate surface area is 264 Å². The summed E-state index contributed by atoms with van der Waals surface area (Å²) < 4.78 is 39.2. The van der Waals surface area contributed by atoms with Gasteiger partial charge in [-0.05, 0) is 43.9 Å². The van der Waals surface area contributed by atoms with Gasteiger partial charge in [0.25, 0.3) is 0 Å². The minimum Gasteiger partial charge on any atom is -0.480 e. The fraction of sp³-hybridized carbons (Fsp3) is 0.483. The number of aromatic nitrogens is 4. The Morgan fingerprint density at radius 3 is 2.76 bits per heavy atom. The average Bonchev–Trinajstić information content (AvgIpc) is 3.74. The van der Waals surface area contributed by atoms with Crippen LogP contribution in [0, 0.1) is 5.92 Å². The van der Waals surface area contributed by atoms with Crippen molar-refractivity contribution < 1.29 is 42.9 Å². The van der Waals surface area contributed by atoms with Crippen LogP contribution in [0.15, 0.2) is 49.1 Å². The number of nitrogens with one attached hydrogen (secondary N) is 3. The Bertz CT molecular complexity index is 1620. The maximum Gasteiger partial charge on any atom is 0.328 e. The summed E-state index contributed by atoms with van der Waals surface area (Å²) in [4.78, 5) is 47.3. The van der Waals surface area contributed by atoms with E-state index < -0.39 is 56.5 Å². The molecule has 3 aromatic rings. The number of carboxylic acids is 1. The highest BCUT2D eigenvalue weighted by Crippen LogP contribution is 2.48. The average molecular weight is 658 g/mol. The van der Waals surface area contributed by atoms with Crippen LogP contribution in [0.4, 0.5) is 10.6 Å². The monoisotopic (exact) mass is 657 g/mol. The lowest BCUT2D eigenvalue weighted by Crippen LogP contribution is -2.44. The maximum absolute atomic E-state index is 13.1. The molecule has 0 spiro atoms. The van der Waals surface area contributed by atoms with Crippen molar-refractivity contribution in [3.05, 3.63) is 54.6 Å². The third-order valence-corrected chi connectivity index (χ3v) is 9.59. The standard InChI is InChI=1S/C29H36N7O9P/c1-2-30-29(39)35-25-22-26(33-15-32-25)36(16-34-22)27-24-23(44-21(45-24)9-8-17-6-4-3-5-7-17)20(43-27)13-42-46(40,41)14-18-10-11-31-19(12-18)28(37)38/h3-9,15-16,18-21,23-24,27,31H,2,10-14H2,1H3,(H,37,38)(H,40,41)(H2,30,32,33,35,39)/b9-8+/t18?,19?,20-,21+,23?,24+,27-/m1/s1. The maximum atomic E-state index is 13.1. The van der Waals surface area contributed by atoms with Crippen LogP contribution in [0.3, 0.4) is 0 Å². The van der Waals surface area contributed by atoms with Crippen molar-refractivity contribution in [1.29, 1.82) is 0 Å². The second-order valence-corrected chi connectivity index (χ2v) is 13.2. The van der Waals surface area contributed by atoms with Crippen LogP contribution in [-0.2, 0) is 28.1 Å². The predicted octanol–water partition coefficient (Wildman–Crippen LogP) is 2.34. The van der Waals surface area contributed by atoms with E-state index in [0.717, 1.165) is 5.56 Å². The molecule has 5 N–H and O–H groups in total. The van der Waals surface area contributed by atoms with Crippen molar-refractivity contribution in [2.24, 2.45) is 5.92 Å². The van der Waals surface area contributed by atoms with E-state index in [0.29, 0.717) is 30.7 Å². The van der Waals surface area contributed by atoms with Gasteiger partial charge >= 0.3 is 19.6 Å². The number of aliphatic carboxylic acids is 1. The molecule has 8 atom stereocenters. The number of carboxylic acid groups (broad SMARTS) is 1. The summed E-state index contributed by atoms with van der Waals surface area (Å²) in [6.45, 7) is 2.38.